The number of hydrogen-bond acceptors (Lipinski definition) is 5. The summed E-state index contributed by atoms with van der Waals surface area (Å²) in [6.45, 7) is 6.55. The Morgan fingerprint density at radius 1 is 1.37 bits per heavy atom. The molecule has 2 aromatic heterocycles. The Morgan fingerprint density at radius 2 is 2.22 bits per heavy atom. The number of nitrogens with one attached hydrogen (secondary N) is 2. The number of hydrogen-bond donors (Lipinski definition) is 2. The molecule has 8 heteroatoms. The number of aromatic nitrogens is 3. The zero-order chi connectivity index (χ0) is 19.2. The van der Waals surface area contributed by atoms with Crippen LogP contribution in [0.3, 0.4) is 0 Å². The van der Waals surface area contributed by atoms with E-state index in [9.17, 15) is 4.79 Å². The normalized spacial score (nSPS) is 10.7. The van der Waals surface area contributed by atoms with Crippen LogP contribution in [-0.4, -0.2) is 40.3 Å². The van der Waals surface area contributed by atoms with Gasteiger partial charge in [-0.05, 0) is 55.2 Å². The topological polar surface area (TPSA) is 66.0 Å². The fourth-order valence-electron chi connectivity index (χ4n) is 2.88. The van der Waals surface area contributed by atoms with E-state index in [-0.39, 0.29) is 12.5 Å². The van der Waals surface area contributed by atoms with Crippen molar-refractivity contribution in [3.05, 3.63) is 52.1 Å². The van der Waals surface area contributed by atoms with Crippen molar-refractivity contribution in [2.24, 2.45) is 0 Å². The Kier molecular flexibility index (Phi) is 6.41. The van der Waals surface area contributed by atoms with Gasteiger partial charge in [0.1, 0.15) is 6.54 Å². The lowest BCUT2D eigenvalue weighted by atomic mass is 10.2. The van der Waals surface area contributed by atoms with Crippen molar-refractivity contribution in [3.8, 4) is 10.7 Å². The number of H-pyrrole nitrogens is 1. The molecular weight excluding hydrogens is 378 g/mol. The predicted molar refractivity (Wildman–Crippen MR) is 113 cm³/mol. The third-order valence-electron chi connectivity index (χ3n) is 4.25. The maximum Gasteiger partial charge on any atom is 0.240 e. The number of aryl methyl sites for hydroxylation is 1. The quantitative estimate of drug-likeness (QED) is 0.566. The van der Waals surface area contributed by atoms with Crippen LogP contribution < -0.4 is 10.2 Å². The summed E-state index contributed by atoms with van der Waals surface area (Å²) in [5.74, 6) is 0.616. The Bertz CT molecular complexity index is 945. The second kappa shape index (κ2) is 8.96. The summed E-state index contributed by atoms with van der Waals surface area (Å²) >= 11 is 6.84. The van der Waals surface area contributed by atoms with Crippen molar-refractivity contribution in [1.29, 1.82) is 0 Å². The molecule has 0 aliphatic heterocycles. The van der Waals surface area contributed by atoms with E-state index in [1.165, 1.54) is 11.3 Å². The number of rotatable bonds is 8. The number of benzene rings is 1. The van der Waals surface area contributed by atoms with E-state index in [0.29, 0.717) is 17.1 Å². The van der Waals surface area contributed by atoms with Gasteiger partial charge < -0.3 is 10.2 Å². The zero-order valence-corrected chi connectivity index (χ0v) is 17.1. The predicted octanol–water partition coefficient (Wildman–Crippen LogP) is 3.62. The summed E-state index contributed by atoms with van der Waals surface area (Å²) in [7, 11) is 0. The minimum Gasteiger partial charge on any atom is -0.370 e. The molecule has 142 valence electrons. The zero-order valence-electron chi connectivity index (χ0n) is 15.4. The average Bonchev–Trinajstić information content (AvgIpc) is 3.29. The van der Waals surface area contributed by atoms with Crippen LogP contribution in [-0.2, 0) is 11.3 Å². The number of carbonyl (C=O) groups excluding carboxylic acids is 1. The molecule has 27 heavy (non-hydrogen) atoms. The fraction of sp³-hybridized carbons (Fsp3) is 0.316. The molecule has 0 spiro atoms. The number of carbonyl (C=O) groups is 1. The van der Waals surface area contributed by atoms with E-state index >= 15 is 0 Å². The first kappa shape index (κ1) is 19.3. The van der Waals surface area contributed by atoms with Gasteiger partial charge in [-0.15, -0.1) is 11.3 Å². The fourth-order valence-corrected chi connectivity index (χ4v) is 3.80. The number of amides is 1. The molecule has 0 radical (unpaired) electrons. The molecular formula is C19H23N5OS2. The number of thiophene rings is 1. The summed E-state index contributed by atoms with van der Waals surface area (Å²) in [4.78, 5) is 15.6. The highest BCUT2D eigenvalue weighted by molar-refractivity contribution is 7.71. The molecule has 6 nitrogen and oxygen atoms in total. The monoisotopic (exact) mass is 401 g/mol. The van der Waals surface area contributed by atoms with Gasteiger partial charge in [0.2, 0.25) is 5.91 Å². The highest BCUT2D eigenvalue weighted by atomic mass is 32.1. The van der Waals surface area contributed by atoms with Gasteiger partial charge in [0.25, 0.3) is 0 Å². The number of likely N-dealkylation sites (N-methyl/N-ethyl adjacent to an activating group) is 1. The molecule has 1 aromatic carbocycles. The van der Waals surface area contributed by atoms with E-state index in [0.717, 1.165) is 18.0 Å². The Hall–Kier alpha value is -2.45. The molecule has 2 N–H and O–H groups in total. The van der Waals surface area contributed by atoms with Crippen molar-refractivity contribution < 1.29 is 4.79 Å². The van der Waals surface area contributed by atoms with Gasteiger partial charge in [-0.2, -0.15) is 5.10 Å². The summed E-state index contributed by atoms with van der Waals surface area (Å²) in [6.07, 6.45) is 0. The molecule has 3 aromatic rings. The van der Waals surface area contributed by atoms with Crippen LogP contribution in [0.5, 0.6) is 0 Å². The molecule has 3 rings (SSSR count). The molecule has 0 bridgehead atoms. The molecule has 0 saturated heterocycles. The van der Waals surface area contributed by atoms with Crippen molar-refractivity contribution in [1.82, 2.24) is 20.1 Å². The van der Waals surface area contributed by atoms with Crippen LogP contribution >= 0.6 is 23.6 Å². The largest absolute Gasteiger partial charge is 0.370 e. The maximum absolute atomic E-state index is 12.4. The van der Waals surface area contributed by atoms with Crippen molar-refractivity contribution in [2.75, 3.05) is 24.5 Å². The van der Waals surface area contributed by atoms with E-state index < -0.39 is 0 Å². The molecule has 0 fully saturated rings. The van der Waals surface area contributed by atoms with Crippen molar-refractivity contribution in [2.45, 2.75) is 20.4 Å². The SMILES string of the molecule is CCN(CCNC(=O)Cn1c(-c2cccs2)n[nH]c1=S)c1cccc(C)c1. The minimum atomic E-state index is -0.0781. The van der Waals surface area contributed by atoms with E-state index in [2.05, 4.69) is 58.5 Å². The number of aromatic amines is 1. The molecule has 0 atom stereocenters. The van der Waals surface area contributed by atoms with Crippen LogP contribution in [0.2, 0.25) is 0 Å². The average molecular weight is 402 g/mol. The third kappa shape index (κ3) is 4.84. The summed E-state index contributed by atoms with van der Waals surface area (Å²) in [5.41, 5.74) is 2.40. The first-order valence-electron chi connectivity index (χ1n) is 8.86. The third-order valence-corrected chi connectivity index (χ3v) is 5.43. The summed E-state index contributed by atoms with van der Waals surface area (Å²) < 4.78 is 2.18. The van der Waals surface area contributed by atoms with Gasteiger partial charge in [-0.25, -0.2) is 0 Å². The second-order valence-electron chi connectivity index (χ2n) is 6.18. The van der Waals surface area contributed by atoms with E-state index in [1.807, 2.05) is 17.5 Å². The van der Waals surface area contributed by atoms with Gasteiger partial charge in [-0.1, -0.05) is 18.2 Å². The van der Waals surface area contributed by atoms with Crippen LogP contribution in [0.15, 0.2) is 41.8 Å². The molecule has 0 saturated carbocycles. The number of anilines is 1. The first-order valence-corrected chi connectivity index (χ1v) is 10.1. The Balaban J connectivity index is 1.58. The van der Waals surface area contributed by atoms with Crippen molar-refractivity contribution in [3.63, 3.8) is 0 Å². The molecule has 0 unspecified atom stereocenters. The van der Waals surface area contributed by atoms with E-state index in [1.54, 1.807) is 15.9 Å². The molecule has 0 aliphatic carbocycles. The number of nitrogens with zero attached hydrogens (tertiary/aromatic N) is 3. The lowest BCUT2D eigenvalue weighted by molar-refractivity contribution is -0.121. The molecule has 2 heterocycles. The van der Waals surface area contributed by atoms with Gasteiger partial charge in [-0.3, -0.25) is 14.5 Å². The maximum atomic E-state index is 12.4. The van der Waals surface area contributed by atoms with Crippen LogP contribution in [0.25, 0.3) is 10.7 Å². The highest BCUT2D eigenvalue weighted by Crippen LogP contribution is 2.22. The summed E-state index contributed by atoms with van der Waals surface area (Å²) in [6, 6.07) is 12.3. The van der Waals surface area contributed by atoms with Crippen molar-refractivity contribution >= 4 is 35.1 Å². The van der Waals surface area contributed by atoms with Gasteiger partial charge in [0, 0.05) is 25.3 Å². The lowest BCUT2D eigenvalue weighted by Gasteiger charge is -2.23. The van der Waals surface area contributed by atoms with Gasteiger partial charge in [0.15, 0.2) is 10.6 Å². The standard InChI is InChI=1S/C19H23N5OS2/c1-3-23(15-7-4-6-14(2)12-15)10-9-20-17(25)13-24-18(21-22-19(24)26)16-8-5-11-27-16/h4-8,11-12H,3,9-10,13H2,1-2H3,(H,20,25)(H,22,26). The smallest absolute Gasteiger partial charge is 0.240 e. The van der Waals surface area contributed by atoms with Crippen LogP contribution in [0, 0.1) is 11.7 Å². The minimum absolute atomic E-state index is 0.0781. The second-order valence-corrected chi connectivity index (χ2v) is 7.52. The van der Waals surface area contributed by atoms with E-state index in [4.69, 9.17) is 12.2 Å². The molecule has 0 aliphatic rings. The highest BCUT2D eigenvalue weighted by Gasteiger charge is 2.13. The van der Waals surface area contributed by atoms with Gasteiger partial charge >= 0.3 is 0 Å². The lowest BCUT2D eigenvalue weighted by Crippen LogP contribution is -2.36. The van der Waals surface area contributed by atoms with Crippen LogP contribution in [0.4, 0.5) is 5.69 Å². The Labute approximate surface area is 167 Å². The first-order chi connectivity index (χ1) is 13.1. The summed E-state index contributed by atoms with van der Waals surface area (Å²) in [5, 5.41) is 12.0. The van der Waals surface area contributed by atoms with Gasteiger partial charge in [0.05, 0.1) is 4.88 Å². The van der Waals surface area contributed by atoms with Crippen LogP contribution in [0.1, 0.15) is 12.5 Å². The molecule has 1 amide bonds. The Morgan fingerprint density at radius 3 is 2.93 bits per heavy atom.